The maximum atomic E-state index is 11.4. The van der Waals surface area contributed by atoms with Gasteiger partial charge in [0.2, 0.25) is 0 Å². The molecule has 2 N–H and O–H groups in total. The second-order valence-electron chi connectivity index (χ2n) is 9.45. The standard InChI is InChI=1S/C24H38N2O4/c1-4-5-6-7-8-9-10-19-11-12-20-14-26(15-21(20)13-19)16-24(25-22(27)28)17-29-23(2,3)30-18-24/h11-13,25H,4-10,14-18H2,1-3H3,(H,27,28). The van der Waals surface area contributed by atoms with Gasteiger partial charge in [0.25, 0.3) is 0 Å². The number of carbonyl (C=O) groups is 1. The summed E-state index contributed by atoms with van der Waals surface area (Å²) in [5, 5.41) is 12.0. The van der Waals surface area contributed by atoms with Crippen molar-refractivity contribution in [3.63, 3.8) is 0 Å². The highest BCUT2D eigenvalue weighted by Gasteiger charge is 2.43. The third-order valence-corrected chi connectivity index (χ3v) is 6.17. The van der Waals surface area contributed by atoms with Crippen LogP contribution in [0.1, 0.15) is 76.0 Å². The molecule has 1 aromatic rings. The second-order valence-corrected chi connectivity index (χ2v) is 9.45. The Balaban J connectivity index is 1.54. The number of unbranched alkanes of at least 4 members (excludes halogenated alkanes) is 5. The number of ether oxygens (including phenoxy) is 2. The SMILES string of the molecule is CCCCCCCCc1ccc2c(c1)CN(CC1(NC(=O)O)COC(C)(C)OC1)C2. The van der Waals surface area contributed by atoms with Gasteiger partial charge in [0.1, 0.15) is 5.54 Å². The van der Waals surface area contributed by atoms with Crippen molar-refractivity contribution in [2.75, 3.05) is 19.8 Å². The minimum atomic E-state index is -1.04. The maximum Gasteiger partial charge on any atom is 0.405 e. The Morgan fingerprint density at radius 1 is 1.07 bits per heavy atom. The number of hydrogen-bond donors (Lipinski definition) is 2. The first-order chi connectivity index (χ1) is 14.3. The van der Waals surface area contributed by atoms with Crippen molar-refractivity contribution in [2.24, 2.45) is 0 Å². The molecule has 1 saturated heterocycles. The van der Waals surface area contributed by atoms with E-state index in [4.69, 9.17) is 9.47 Å². The zero-order valence-electron chi connectivity index (χ0n) is 18.8. The molecule has 30 heavy (non-hydrogen) atoms. The Morgan fingerprint density at radius 3 is 2.43 bits per heavy atom. The van der Waals surface area contributed by atoms with Crippen LogP contribution in [0.3, 0.4) is 0 Å². The van der Waals surface area contributed by atoms with E-state index in [1.54, 1.807) is 0 Å². The summed E-state index contributed by atoms with van der Waals surface area (Å²) >= 11 is 0. The van der Waals surface area contributed by atoms with E-state index in [0.717, 1.165) is 19.5 Å². The molecule has 2 aliphatic heterocycles. The Bertz CT molecular complexity index is 709. The van der Waals surface area contributed by atoms with Crippen LogP contribution in [-0.4, -0.2) is 47.2 Å². The predicted molar refractivity (Wildman–Crippen MR) is 118 cm³/mol. The van der Waals surface area contributed by atoms with E-state index in [9.17, 15) is 9.90 Å². The lowest BCUT2D eigenvalue weighted by Gasteiger charge is -2.44. The van der Waals surface area contributed by atoms with Crippen LogP contribution in [0.25, 0.3) is 0 Å². The first-order valence-electron chi connectivity index (χ1n) is 11.4. The summed E-state index contributed by atoms with van der Waals surface area (Å²) in [7, 11) is 0. The number of benzene rings is 1. The topological polar surface area (TPSA) is 71.0 Å². The fourth-order valence-electron chi connectivity index (χ4n) is 4.46. The summed E-state index contributed by atoms with van der Waals surface area (Å²) in [5.41, 5.74) is 3.37. The van der Waals surface area contributed by atoms with Crippen molar-refractivity contribution < 1.29 is 19.4 Å². The molecule has 0 bridgehead atoms. The molecular weight excluding hydrogens is 380 g/mol. The van der Waals surface area contributed by atoms with E-state index in [2.05, 4.69) is 35.3 Å². The Morgan fingerprint density at radius 2 is 1.73 bits per heavy atom. The van der Waals surface area contributed by atoms with Gasteiger partial charge in [0.15, 0.2) is 5.79 Å². The molecule has 0 radical (unpaired) electrons. The predicted octanol–water partition coefficient (Wildman–Crippen LogP) is 4.69. The molecule has 0 aliphatic carbocycles. The molecule has 0 spiro atoms. The van der Waals surface area contributed by atoms with Crippen LogP contribution in [-0.2, 0) is 29.0 Å². The van der Waals surface area contributed by atoms with Crippen LogP contribution in [0, 0.1) is 0 Å². The summed E-state index contributed by atoms with van der Waals surface area (Å²) < 4.78 is 11.6. The highest BCUT2D eigenvalue weighted by Crippen LogP contribution is 2.29. The molecule has 2 aliphatic rings. The van der Waals surface area contributed by atoms with Gasteiger partial charge in [-0.1, -0.05) is 57.2 Å². The first kappa shape index (κ1) is 23.0. The highest BCUT2D eigenvalue weighted by atomic mass is 16.7. The highest BCUT2D eigenvalue weighted by molar-refractivity contribution is 5.65. The van der Waals surface area contributed by atoms with E-state index in [1.165, 1.54) is 55.2 Å². The summed E-state index contributed by atoms with van der Waals surface area (Å²) in [5.74, 6) is -0.677. The van der Waals surface area contributed by atoms with E-state index < -0.39 is 17.4 Å². The monoisotopic (exact) mass is 418 g/mol. The van der Waals surface area contributed by atoms with Crippen LogP contribution in [0.2, 0.25) is 0 Å². The van der Waals surface area contributed by atoms with Gasteiger partial charge in [-0.25, -0.2) is 4.79 Å². The second kappa shape index (κ2) is 10.1. The molecular formula is C24H38N2O4. The van der Waals surface area contributed by atoms with Crippen molar-refractivity contribution in [3.8, 4) is 0 Å². The van der Waals surface area contributed by atoms with Gasteiger partial charge >= 0.3 is 6.09 Å². The molecule has 6 nitrogen and oxygen atoms in total. The number of hydrogen-bond acceptors (Lipinski definition) is 4. The molecule has 1 aromatic carbocycles. The minimum absolute atomic E-state index is 0.308. The molecule has 2 heterocycles. The summed E-state index contributed by atoms with van der Waals surface area (Å²) in [6.45, 7) is 8.82. The fraction of sp³-hybridized carbons (Fsp3) is 0.708. The van der Waals surface area contributed by atoms with Crippen molar-refractivity contribution >= 4 is 6.09 Å². The van der Waals surface area contributed by atoms with Crippen molar-refractivity contribution in [3.05, 3.63) is 34.9 Å². The zero-order chi connectivity index (χ0) is 21.6. The Hall–Kier alpha value is -1.63. The van der Waals surface area contributed by atoms with Crippen molar-refractivity contribution in [2.45, 2.75) is 90.1 Å². The summed E-state index contributed by atoms with van der Waals surface area (Å²) in [4.78, 5) is 13.7. The molecule has 3 rings (SSSR count). The van der Waals surface area contributed by atoms with Crippen LogP contribution < -0.4 is 5.32 Å². The Labute approximate surface area is 180 Å². The number of rotatable bonds is 10. The number of nitrogens with zero attached hydrogens (tertiary/aromatic N) is 1. The van der Waals surface area contributed by atoms with Gasteiger partial charge in [0.05, 0.1) is 13.2 Å². The van der Waals surface area contributed by atoms with Gasteiger partial charge in [-0.3, -0.25) is 4.90 Å². The number of nitrogens with one attached hydrogen (secondary N) is 1. The van der Waals surface area contributed by atoms with Gasteiger partial charge < -0.3 is 19.9 Å². The normalized spacial score (nSPS) is 20.1. The smallest absolute Gasteiger partial charge is 0.405 e. The number of fused-ring (bicyclic) bond motifs is 1. The van der Waals surface area contributed by atoms with E-state index in [1.807, 2.05) is 13.8 Å². The van der Waals surface area contributed by atoms with Crippen LogP contribution in [0.15, 0.2) is 18.2 Å². The lowest BCUT2D eigenvalue weighted by Crippen LogP contribution is -2.65. The average Bonchev–Trinajstić information content (AvgIpc) is 3.08. The lowest BCUT2D eigenvalue weighted by molar-refractivity contribution is -0.272. The summed E-state index contributed by atoms with van der Waals surface area (Å²) in [6.07, 6.45) is 7.99. The molecule has 0 atom stereocenters. The quantitative estimate of drug-likeness (QED) is 0.539. The lowest BCUT2D eigenvalue weighted by atomic mass is 9.99. The number of amides is 1. The molecule has 1 amide bonds. The molecule has 0 aromatic heterocycles. The summed E-state index contributed by atoms with van der Waals surface area (Å²) in [6, 6.07) is 6.85. The Kier molecular flexibility index (Phi) is 7.77. The molecule has 0 unspecified atom stereocenters. The van der Waals surface area contributed by atoms with Crippen LogP contribution in [0.4, 0.5) is 4.79 Å². The minimum Gasteiger partial charge on any atom is -0.465 e. The van der Waals surface area contributed by atoms with Gasteiger partial charge in [0, 0.05) is 19.6 Å². The molecule has 0 saturated carbocycles. The van der Waals surface area contributed by atoms with E-state index in [0.29, 0.717) is 19.8 Å². The average molecular weight is 419 g/mol. The number of aryl methyl sites for hydroxylation is 1. The third kappa shape index (κ3) is 6.43. The van der Waals surface area contributed by atoms with E-state index in [-0.39, 0.29) is 0 Å². The molecule has 168 valence electrons. The zero-order valence-corrected chi connectivity index (χ0v) is 18.8. The number of carboxylic acid groups (broad SMARTS) is 1. The van der Waals surface area contributed by atoms with Gasteiger partial charge in [-0.15, -0.1) is 0 Å². The van der Waals surface area contributed by atoms with Gasteiger partial charge in [-0.05, 0) is 43.4 Å². The molecule has 6 heteroatoms. The van der Waals surface area contributed by atoms with Crippen LogP contribution >= 0.6 is 0 Å². The van der Waals surface area contributed by atoms with Gasteiger partial charge in [-0.2, -0.15) is 0 Å². The van der Waals surface area contributed by atoms with E-state index >= 15 is 0 Å². The largest absolute Gasteiger partial charge is 0.465 e. The van der Waals surface area contributed by atoms with Crippen molar-refractivity contribution in [1.29, 1.82) is 0 Å². The molecule has 1 fully saturated rings. The first-order valence-corrected chi connectivity index (χ1v) is 11.4. The maximum absolute atomic E-state index is 11.4. The fourth-order valence-corrected chi connectivity index (χ4v) is 4.46. The van der Waals surface area contributed by atoms with Crippen molar-refractivity contribution in [1.82, 2.24) is 10.2 Å². The van der Waals surface area contributed by atoms with Crippen LogP contribution in [0.5, 0.6) is 0 Å². The third-order valence-electron chi connectivity index (χ3n) is 6.17.